The van der Waals surface area contributed by atoms with Crippen molar-refractivity contribution in [3.05, 3.63) is 48.6 Å². The predicted octanol–water partition coefficient (Wildman–Crippen LogP) is 15.0. The molecule has 62 heavy (non-hydrogen) atoms. The molecule has 0 radical (unpaired) electrons. The fraction of sp³-hybridized carbons (Fsp3) is 0.808. The minimum Gasteiger partial charge on any atom is -0.462 e. The molecule has 0 aliphatic carbocycles. The van der Waals surface area contributed by atoms with Gasteiger partial charge >= 0.3 is 19.8 Å². The van der Waals surface area contributed by atoms with Crippen molar-refractivity contribution in [2.24, 2.45) is 0 Å². The molecule has 10 heteroatoms. The van der Waals surface area contributed by atoms with Gasteiger partial charge in [0.1, 0.15) is 19.8 Å². The molecule has 0 amide bonds. The quantitative estimate of drug-likeness (QED) is 0.0212. The van der Waals surface area contributed by atoms with Gasteiger partial charge in [-0.2, -0.15) is 0 Å². The predicted molar refractivity (Wildman–Crippen MR) is 261 cm³/mol. The molecule has 9 nitrogen and oxygen atoms in total. The number of hydrogen-bond donors (Lipinski definition) is 1. The number of allylic oxidation sites excluding steroid dienone is 8. The number of ether oxygens (including phenoxy) is 2. The topological polar surface area (TPSA) is 108 Å². The van der Waals surface area contributed by atoms with Crippen molar-refractivity contribution in [1.29, 1.82) is 0 Å². The van der Waals surface area contributed by atoms with E-state index in [1.54, 1.807) is 0 Å². The van der Waals surface area contributed by atoms with E-state index in [-0.39, 0.29) is 32.0 Å². The van der Waals surface area contributed by atoms with Crippen LogP contribution in [0.1, 0.15) is 219 Å². The van der Waals surface area contributed by atoms with E-state index in [0.717, 1.165) is 57.8 Å². The molecular formula is C52H97NO8P+. The van der Waals surface area contributed by atoms with Crippen molar-refractivity contribution >= 4 is 19.8 Å². The molecule has 0 aliphatic heterocycles. The van der Waals surface area contributed by atoms with Gasteiger partial charge in [0.25, 0.3) is 0 Å². The summed E-state index contributed by atoms with van der Waals surface area (Å²) in [5, 5.41) is 0. The summed E-state index contributed by atoms with van der Waals surface area (Å²) >= 11 is 0. The molecule has 0 aromatic carbocycles. The molecule has 362 valence electrons. The first-order valence-electron chi connectivity index (χ1n) is 25.4. The molecule has 0 spiro atoms. The smallest absolute Gasteiger partial charge is 0.462 e. The van der Waals surface area contributed by atoms with Crippen molar-refractivity contribution < 1.29 is 42.1 Å². The van der Waals surface area contributed by atoms with Gasteiger partial charge in [0.2, 0.25) is 0 Å². The largest absolute Gasteiger partial charge is 0.472 e. The number of likely N-dealkylation sites (N-methyl/N-ethyl adjacent to an activating group) is 1. The third-order valence-corrected chi connectivity index (χ3v) is 12.0. The lowest BCUT2D eigenvalue weighted by Crippen LogP contribution is -2.37. The number of rotatable bonds is 46. The normalized spacial score (nSPS) is 13.8. The van der Waals surface area contributed by atoms with Crippen molar-refractivity contribution in [2.45, 2.75) is 225 Å². The number of phosphoric acid groups is 1. The van der Waals surface area contributed by atoms with Gasteiger partial charge in [-0.15, -0.1) is 0 Å². The second-order valence-corrected chi connectivity index (χ2v) is 19.7. The Bertz CT molecular complexity index is 1190. The van der Waals surface area contributed by atoms with E-state index in [0.29, 0.717) is 17.4 Å². The summed E-state index contributed by atoms with van der Waals surface area (Å²) in [6.45, 7) is 4.28. The van der Waals surface area contributed by atoms with Crippen molar-refractivity contribution in [2.75, 3.05) is 47.5 Å². The number of carbonyl (C=O) groups is 2. The summed E-state index contributed by atoms with van der Waals surface area (Å²) < 4.78 is 34.4. The van der Waals surface area contributed by atoms with Crippen LogP contribution in [0.3, 0.4) is 0 Å². The van der Waals surface area contributed by atoms with Crippen LogP contribution in [0.25, 0.3) is 0 Å². The first-order valence-corrected chi connectivity index (χ1v) is 26.9. The van der Waals surface area contributed by atoms with E-state index >= 15 is 0 Å². The van der Waals surface area contributed by atoms with Crippen molar-refractivity contribution in [3.63, 3.8) is 0 Å². The molecule has 1 unspecified atom stereocenters. The zero-order chi connectivity index (χ0) is 45.7. The number of unbranched alkanes of at least 4 members (excludes halogenated alkanes) is 27. The molecule has 0 aromatic heterocycles. The zero-order valence-electron chi connectivity index (χ0n) is 40.9. The lowest BCUT2D eigenvalue weighted by molar-refractivity contribution is -0.870. The molecular weight excluding hydrogens is 798 g/mol. The Labute approximate surface area is 382 Å². The molecule has 0 saturated carbocycles. The maximum Gasteiger partial charge on any atom is 0.472 e. The molecule has 1 N–H and O–H groups in total. The second kappa shape index (κ2) is 44.2. The van der Waals surface area contributed by atoms with Crippen LogP contribution < -0.4 is 0 Å². The molecule has 0 heterocycles. The lowest BCUT2D eigenvalue weighted by atomic mass is 10.0. The van der Waals surface area contributed by atoms with E-state index in [2.05, 4.69) is 32.1 Å². The first-order chi connectivity index (χ1) is 30.0. The summed E-state index contributed by atoms with van der Waals surface area (Å²) in [5.41, 5.74) is 0. The number of esters is 2. The van der Waals surface area contributed by atoms with Gasteiger partial charge in [0, 0.05) is 12.8 Å². The SMILES string of the molecule is CC/C=C/C=C/C=C/C=C/CCCCCCCC(=O)O[C@@H](COC(=O)CCCCCCCCCCCCCCCCCCCCCCCCC)COP(=O)(O)OCC[N+](C)(C)C. The fourth-order valence-electron chi connectivity index (χ4n) is 7.03. The van der Waals surface area contributed by atoms with E-state index in [1.165, 1.54) is 128 Å². The van der Waals surface area contributed by atoms with E-state index in [1.807, 2.05) is 51.5 Å². The highest BCUT2D eigenvalue weighted by Gasteiger charge is 2.27. The Hall–Kier alpha value is -2.03. The van der Waals surface area contributed by atoms with Gasteiger partial charge in [-0.3, -0.25) is 18.6 Å². The number of quaternary nitrogens is 1. The molecule has 0 saturated heterocycles. The highest BCUT2D eigenvalue weighted by molar-refractivity contribution is 7.47. The highest BCUT2D eigenvalue weighted by atomic mass is 31.2. The van der Waals surface area contributed by atoms with Crippen LogP contribution in [-0.2, 0) is 32.7 Å². The fourth-order valence-corrected chi connectivity index (χ4v) is 7.77. The Kier molecular flexibility index (Phi) is 42.7. The summed E-state index contributed by atoms with van der Waals surface area (Å²) in [4.78, 5) is 35.5. The second-order valence-electron chi connectivity index (χ2n) is 18.3. The van der Waals surface area contributed by atoms with E-state index in [4.69, 9.17) is 18.5 Å². The van der Waals surface area contributed by atoms with Crippen LogP contribution in [0, 0.1) is 0 Å². The van der Waals surface area contributed by atoms with Gasteiger partial charge in [-0.1, -0.05) is 223 Å². The standard InChI is InChI=1S/C52H96NO8P/c1-6-8-10-12-14-16-18-20-22-23-24-25-26-27-28-29-31-32-34-36-38-40-42-44-51(54)58-48-50(49-60-62(56,57)59-47-46-53(3,4)5)61-52(55)45-43-41-39-37-35-33-30-21-19-17-15-13-11-9-7-2/h9,11,13,15,17,19,21,30,50H,6-8,10,12,14,16,18,20,22-29,31-49H2,1-5H3/p+1/b11-9+,15-13+,19-17+,30-21+/t50-/m0/s1. The molecule has 2 atom stereocenters. The van der Waals surface area contributed by atoms with Crippen LogP contribution in [0.5, 0.6) is 0 Å². The van der Waals surface area contributed by atoms with Gasteiger partial charge in [-0.25, -0.2) is 4.57 Å². The molecule has 0 rings (SSSR count). The first kappa shape index (κ1) is 60.0. The lowest BCUT2D eigenvalue weighted by Gasteiger charge is -2.24. The number of carbonyl (C=O) groups excluding carboxylic acids is 2. The van der Waals surface area contributed by atoms with Crippen LogP contribution >= 0.6 is 7.82 Å². The van der Waals surface area contributed by atoms with Crippen LogP contribution in [-0.4, -0.2) is 74.9 Å². The third-order valence-electron chi connectivity index (χ3n) is 11.0. The molecule has 0 aromatic rings. The Morgan fingerprint density at radius 1 is 0.516 bits per heavy atom. The molecule has 0 aliphatic rings. The maximum atomic E-state index is 12.7. The Morgan fingerprint density at radius 2 is 0.919 bits per heavy atom. The summed E-state index contributed by atoms with van der Waals surface area (Å²) in [7, 11) is 1.46. The average molecular weight is 895 g/mol. The van der Waals surface area contributed by atoms with Gasteiger partial charge in [0.05, 0.1) is 27.7 Å². The van der Waals surface area contributed by atoms with Crippen LogP contribution in [0.4, 0.5) is 0 Å². The van der Waals surface area contributed by atoms with Crippen LogP contribution in [0.2, 0.25) is 0 Å². The van der Waals surface area contributed by atoms with E-state index in [9.17, 15) is 19.0 Å². The monoisotopic (exact) mass is 895 g/mol. The van der Waals surface area contributed by atoms with Gasteiger partial charge < -0.3 is 18.9 Å². The molecule has 0 fully saturated rings. The van der Waals surface area contributed by atoms with Crippen molar-refractivity contribution in [1.82, 2.24) is 0 Å². The number of phosphoric ester groups is 1. The Balaban J connectivity index is 4.20. The minimum atomic E-state index is -4.39. The number of nitrogens with zero attached hydrogens (tertiary/aromatic N) is 1. The van der Waals surface area contributed by atoms with Crippen molar-refractivity contribution in [3.8, 4) is 0 Å². The van der Waals surface area contributed by atoms with Crippen LogP contribution in [0.15, 0.2) is 48.6 Å². The molecule has 0 bridgehead atoms. The Morgan fingerprint density at radius 3 is 1.37 bits per heavy atom. The van der Waals surface area contributed by atoms with Gasteiger partial charge in [0.15, 0.2) is 6.10 Å². The van der Waals surface area contributed by atoms with E-state index < -0.39 is 26.5 Å². The summed E-state index contributed by atoms with van der Waals surface area (Å²) in [5.74, 6) is -0.819. The number of hydrogen-bond acceptors (Lipinski definition) is 7. The zero-order valence-corrected chi connectivity index (χ0v) is 41.7. The summed E-state index contributed by atoms with van der Waals surface area (Å²) in [6.07, 6.45) is 53.2. The third kappa shape index (κ3) is 47.4. The highest BCUT2D eigenvalue weighted by Crippen LogP contribution is 2.43. The maximum absolute atomic E-state index is 12.7. The summed E-state index contributed by atoms with van der Waals surface area (Å²) in [6, 6.07) is 0. The minimum absolute atomic E-state index is 0.0262. The van der Waals surface area contributed by atoms with Gasteiger partial charge in [-0.05, 0) is 32.1 Å². The average Bonchev–Trinajstić information content (AvgIpc) is 3.23.